The van der Waals surface area contributed by atoms with Crippen molar-refractivity contribution in [3.63, 3.8) is 0 Å². The van der Waals surface area contributed by atoms with Crippen LogP contribution >= 0.6 is 7.82 Å². The van der Waals surface area contributed by atoms with Gasteiger partial charge in [-0.25, -0.2) is 0 Å². The van der Waals surface area contributed by atoms with E-state index in [1.807, 2.05) is 14.1 Å². The highest BCUT2D eigenvalue weighted by molar-refractivity contribution is 7.45. The van der Waals surface area contributed by atoms with E-state index in [-0.39, 0.29) is 26.1 Å². The van der Waals surface area contributed by atoms with Crippen molar-refractivity contribution in [2.24, 2.45) is 0 Å². The average molecular weight is 768 g/mol. The number of rotatable bonds is 38. The summed E-state index contributed by atoms with van der Waals surface area (Å²) in [6.07, 6.45) is 41.3. The molecular weight excluding hydrogens is 689 g/mol. The van der Waals surface area contributed by atoms with Crippen LogP contribution in [-0.4, -0.2) is 58.5 Å². The molecule has 0 aromatic carbocycles. The van der Waals surface area contributed by atoms with Gasteiger partial charge in [0, 0.05) is 12.8 Å². The van der Waals surface area contributed by atoms with Crippen molar-refractivity contribution >= 4 is 19.8 Å². The number of quaternary nitrogens is 1. The molecule has 308 valence electrons. The zero-order valence-electron chi connectivity index (χ0n) is 34.2. The molecule has 1 N–H and O–H groups in total. The lowest BCUT2D eigenvalue weighted by atomic mass is 10.1. The first-order valence-corrected chi connectivity index (χ1v) is 22.5. The molecule has 10 heteroatoms. The molecule has 0 fully saturated rings. The number of carbonyl (C=O) groups excluding carboxylic acids is 2. The van der Waals surface area contributed by atoms with E-state index < -0.39 is 32.5 Å². The molecule has 0 aromatic heterocycles. The van der Waals surface area contributed by atoms with Gasteiger partial charge < -0.3 is 28.3 Å². The Morgan fingerprint density at radius 1 is 0.585 bits per heavy atom. The van der Waals surface area contributed by atoms with Gasteiger partial charge in [0.1, 0.15) is 19.8 Å². The number of esters is 2. The van der Waals surface area contributed by atoms with Crippen molar-refractivity contribution in [1.29, 1.82) is 0 Å². The molecule has 0 rings (SSSR count). The van der Waals surface area contributed by atoms with Gasteiger partial charge in [0.15, 0.2) is 6.10 Å². The van der Waals surface area contributed by atoms with Crippen LogP contribution in [0.1, 0.15) is 168 Å². The average Bonchev–Trinajstić information content (AvgIpc) is 3.12. The molecule has 0 bridgehead atoms. The number of phosphoric acid groups is 1. The first-order chi connectivity index (χ1) is 25.7. The molecule has 53 heavy (non-hydrogen) atoms. The van der Waals surface area contributed by atoms with Crippen LogP contribution in [0.5, 0.6) is 0 Å². The van der Waals surface area contributed by atoms with Gasteiger partial charge in [-0.15, -0.1) is 0 Å². The number of hydrogen-bond donors (Lipinski definition) is 1. The van der Waals surface area contributed by atoms with Crippen LogP contribution in [-0.2, 0) is 32.7 Å². The first-order valence-electron chi connectivity index (χ1n) is 21.0. The van der Waals surface area contributed by atoms with E-state index in [1.54, 1.807) is 0 Å². The summed E-state index contributed by atoms with van der Waals surface area (Å²) < 4.78 is 33.1. The third kappa shape index (κ3) is 39.5. The van der Waals surface area contributed by atoms with E-state index in [4.69, 9.17) is 18.5 Å². The summed E-state index contributed by atoms with van der Waals surface area (Å²) in [6, 6.07) is 0. The molecule has 9 nitrogen and oxygen atoms in total. The minimum atomic E-state index is -4.60. The fourth-order valence-electron chi connectivity index (χ4n) is 5.35. The molecule has 1 unspecified atom stereocenters. The van der Waals surface area contributed by atoms with Gasteiger partial charge in [-0.05, 0) is 77.0 Å². The van der Waals surface area contributed by atoms with E-state index in [0.717, 1.165) is 81.9 Å². The van der Waals surface area contributed by atoms with Crippen molar-refractivity contribution in [2.45, 2.75) is 174 Å². The number of nitrogens with one attached hydrogen (secondary N) is 1. The maximum Gasteiger partial charge on any atom is 0.306 e. The van der Waals surface area contributed by atoms with Gasteiger partial charge in [-0.2, -0.15) is 0 Å². The van der Waals surface area contributed by atoms with Gasteiger partial charge in [-0.3, -0.25) is 14.2 Å². The quantitative estimate of drug-likeness (QED) is 0.0286. The molecule has 0 aliphatic rings. The highest BCUT2D eigenvalue weighted by Gasteiger charge is 2.21. The van der Waals surface area contributed by atoms with Gasteiger partial charge in [0.25, 0.3) is 7.82 Å². The number of phosphoric ester groups is 1. The summed E-state index contributed by atoms with van der Waals surface area (Å²) in [5.74, 6) is -0.868. The Morgan fingerprint density at radius 3 is 1.49 bits per heavy atom. The highest BCUT2D eigenvalue weighted by atomic mass is 31.2. The first kappa shape index (κ1) is 51.0. The summed E-state index contributed by atoms with van der Waals surface area (Å²) in [6.45, 7) is 4.16. The molecule has 0 amide bonds. The zero-order chi connectivity index (χ0) is 39.1. The lowest BCUT2D eigenvalue weighted by molar-refractivity contribution is -0.858. The van der Waals surface area contributed by atoms with Crippen molar-refractivity contribution in [1.82, 2.24) is 0 Å². The van der Waals surface area contributed by atoms with E-state index in [1.165, 1.54) is 51.4 Å². The van der Waals surface area contributed by atoms with Crippen LogP contribution in [0.15, 0.2) is 48.6 Å². The smallest absolute Gasteiger partial charge is 0.306 e. The molecule has 0 saturated carbocycles. The van der Waals surface area contributed by atoms with Crippen LogP contribution in [0.25, 0.3) is 0 Å². The van der Waals surface area contributed by atoms with Crippen molar-refractivity contribution < 1.29 is 42.5 Å². The van der Waals surface area contributed by atoms with Crippen LogP contribution in [0.3, 0.4) is 0 Å². The number of hydrogen-bond acceptors (Lipinski definition) is 8. The van der Waals surface area contributed by atoms with E-state index in [9.17, 15) is 19.0 Å². The number of likely N-dealkylation sites (N-methyl/N-ethyl adjacent to an activating group) is 1. The second-order valence-electron chi connectivity index (χ2n) is 14.3. The molecular formula is C43H78NO8P. The highest BCUT2D eigenvalue weighted by Crippen LogP contribution is 2.38. The topological polar surface area (TPSA) is 116 Å². The minimum absolute atomic E-state index is 0.0249. The summed E-state index contributed by atoms with van der Waals surface area (Å²) in [7, 11) is -0.840. The minimum Gasteiger partial charge on any atom is -0.756 e. The largest absolute Gasteiger partial charge is 0.756 e. The Hall–Kier alpha value is -2.03. The summed E-state index contributed by atoms with van der Waals surface area (Å²) in [5.41, 5.74) is 0. The second kappa shape index (κ2) is 38.3. The number of ether oxygens (including phenoxy) is 2. The number of unbranched alkanes of at least 4 members (excludes halogenated alkanes) is 16. The predicted octanol–water partition coefficient (Wildman–Crippen LogP) is 9.71. The number of allylic oxidation sites excluding steroid dienone is 8. The normalized spacial score (nSPS) is 13.9. The summed E-state index contributed by atoms with van der Waals surface area (Å²) in [5, 5.41) is 0. The Morgan fingerprint density at radius 2 is 1.02 bits per heavy atom. The van der Waals surface area contributed by atoms with Crippen LogP contribution in [0.4, 0.5) is 0 Å². The van der Waals surface area contributed by atoms with Gasteiger partial charge in [0.05, 0.1) is 20.7 Å². The van der Waals surface area contributed by atoms with E-state index >= 15 is 0 Å². The Bertz CT molecular complexity index is 1030. The Kier molecular flexibility index (Phi) is 36.8. The van der Waals surface area contributed by atoms with E-state index in [0.29, 0.717) is 19.4 Å². The lowest BCUT2D eigenvalue weighted by Gasteiger charge is -2.25. The Labute approximate surface area is 324 Å². The molecule has 0 aliphatic heterocycles. The SMILES string of the molecule is CCCCC/C=C\C/C=C\CCCCCCCC(=O)OC[C@H](COP(=O)([O-])OCC[NH+](C)C)OC(=O)CCCCCCC/C=C\C/C=C\CCCCC. The molecule has 0 heterocycles. The predicted molar refractivity (Wildman–Crippen MR) is 217 cm³/mol. The van der Waals surface area contributed by atoms with Crippen LogP contribution in [0.2, 0.25) is 0 Å². The van der Waals surface area contributed by atoms with Crippen molar-refractivity contribution in [3.05, 3.63) is 48.6 Å². The van der Waals surface area contributed by atoms with Crippen molar-refractivity contribution in [3.8, 4) is 0 Å². The van der Waals surface area contributed by atoms with Gasteiger partial charge in [-0.1, -0.05) is 127 Å². The molecule has 0 aliphatic carbocycles. The van der Waals surface area contributed by atoms with E-state index in [2.05, 4.69) is 62.5 Å². The fourth-order valence-corrected chi connectivity index (χ4v) is 6.09. The third-order valence-electron chi connectivity index (χ3n) is 8.66. The molecule has 0 aromatic rings. The van der Waals surface area contributed by atoms with Crippen LogP contribution in [0, 0.1) is 0 Å². The van der Waals surface area contributed by atoms with Gasteiger partial charge in [0.2, 0.25) is 0 Å². The van der Waals surface area contributed by atoms with Crippen LogP contribution < -0.4 is 9.79 Å². The molecule has 0 spiro atoms. The second-order valence-corrected chi connectivity index (χ2v) is 15.7. The standard InChI is InChI=1S/C43H78NO8P/c1-5-7-9-11-13-15-17-19-21-23-25-27-29-31-33-35-42(45)49-39-41(40-51-53(47,48)50-38-37-44(3)4)52-43(46)36-34-32-30-28-26-24-22-20-18-16-14-12-10-8-6-2/h13-16,19-22,41H,5-12,17-18,23-40H2,1-4H3,(H,47,48)/b15-13-,16-14-,21-19-,22-20-/t41-/m1/s1. The monoisotopic (exact) mass is 768 g/mol. The number of carbonyl (C=O) groups is 2. The molecule has 0 radical (unpaired) electrons. The van der Waals surface area contributed by atoms with Gasteiger partial charge >= 0.3 is 11.9 Å². The zero-order valence-corrected chi connectivity index (χ0v) is 35.1. The maximum atomic E-state index is 12.6. The molecule has 0 saturated heterocycles. The Balaban J connectivity index is 4.37. The lowest BCUT2D eigenvalue weighted by Crippen LogP contribution is -3.06. The van der Waals surface area contributed by atoms with Crippen molar-refractivity contribution in [2.75, 3.05) is 40.5 Å². The molecule has 2 atom stereocenters. The summed E-state index contributed by atoms with van der Waals surface area (Å²) >= 11 is 0. The third-order valence-corrected chi connectivity index (χ3v) is 9.63. The maximum absolute atomic E-state index is 12.6. The fraction of sp³-hybridized carbons (Fsp3) is 0.767. The summed E-state index contributed by atoms with van der Waals surface area (Å²) in [4.78, 5) is 38.3.